The van der Waals surface area contributed by atoms with Gasteiger partial charge in [0, 0.05) is 24.8 Å². The first-order chi connectivity index (χ1) is 9.69. The average molecular weight is 276 g/mol. The minimum atomic E-state index is -0.215. The number of ether oxygens (including phenoxy) is 1. The Hall–Kier alpha value is -2.04. The standard InChI is InChI=1S/C15H20N2O3/c1-3-8-16-15(19)14-11-7-5-4-6-9-17(11)13(18)10-12(14)20-2/h3,10H,1,4-9H2,2H3,(H,16,19). The molecule has 0 fully saturated rings. The van der Waals surface area contributed by atoms with Gasteiger partial charge in [-0.15, -0.1) is 6.58 Å². The number of hydrogen-bond donors (Lipinski definition) is 1. The summed E-state index contributed by atoms with van der Waals surface area (Å²) in [6, 6.07) is 1.40. The maximum Gasteiger partial charge on any atom is 0.257 e. The van der Waals surface area contributed by atoms with Crippen LogP contribution in [-0.2, 0) is 13.0 Å². The zero-order valence-electron chi connectivity index (χ0n) is 11.8. The van der Waals surface area contributed by atoms with E-state index in [-0.39, 0.29) is 11.5 Å². The van der Waals surface area contributed by atoms with Crippen molar-refractivity contribution in [3.8, 4) is 5.75 Å². The topological polar surface area (TPSA) is 60.3 Å². The maximum absolute atomic E-state index is 12.3. The van der Waals surface area contributed by atoms with Crippen molar-refractivity contribution >= 4 is 5.91 Å². The molecule has 108 valence electrons. The highest BCUT2D eigenvalue weighted by atomic mass is 16.5. The van der Waals surface area contributed by atoms with Gasteiger partial charge in [0.15, 0.2) is 0 Å². The summed E-state index contributed by atoms with van der Waals surface area (Å²) in [6.07, 6.45) is 5.36. The molecule has 0 saturated carbocycles. The number of methoxy groups -OCH3 is 1. The van der Waals surface area contributed by atoms with Crippen LogP contribution in [-0.4, -0.2) is 24.1 Å². The number of hydrogen-bond acceptors (Lipinski definition) is 3. The predicted molar refractivity (Wildman–Crippen MR) is 77.3 cm³/mol. The lowest BCUT2D eigenvalue weighted by Gasteiger charge is -2.17. The molecule has 0 atom stereocenters. The predicted octanol–water partition coefficient (Wildman–Crippen LogP) is 1.50. The Labute approximate surface area is 118 Å². The van der Waals surface area contributed by atoms with Crippen LogP contribution in [0.2, 0.25) is 0 Å². The minimum absolute atomic E-state index is 0.0981. The molecule has 2 rings (SSSR count). The lowest BCUT2D eigenvalue weighted by molar-refractivity contribution is 0.0952. The van der Waals surface area contributed by atoms with Crippen molar-refractivity contribution in [1.82, 2.24) is 9.88 Å². The summed E-state index contributed by atoms with van der Waals surface area (Å²) >= 11 is 0. The van der Waals surface area contributed by atoms with Gasteiger partial charge < -0.3 is 14.6 Å². The highest BCUT2D eigenvalue weighted by molar-refractivity contribution is 5.98. The number of fused-ring (bicyclic) bond motifs is 1. The van der Waals surface area contributed by atoms with Gasteiger partial charge in [0.25, 0.3) is 11.5 Å². The second-order valence-corrected chi connectivity index (χ2v) is 4.83. The van der Waals surface area contributed by atoms with Gasteiger partial charge in [-0.05, 0) is 19.3 Å². The minimum Gasteiger partial charge on any atom is -0.496 e. The Morgan fingerprint density at radius 1 is 1.50 bits per heavy atom. The van der Waals surface area contributed by atoms with Crippen molar-refractivity contribution < 1.29 is 9.53 Å². The molecule has 0 radical (unpaired) electrons. The first kappa shape index (κ1) is 14.4. The SMILES string of the molecule is C=CCNC(=O)c1c(OC)cc(=O)n2c1CCCCC2. The number of carbonyl (C=O) groups is 1. The number of nitrogens with zero attached hydrogens (tertiary/aromatic N) is 1. The lowest BCUT2D eigenvalue weighted by atomic mass is 10.1. The molecule has 1 aromatic heterocycles. The molecule has 1 aliphatic rings. The highest BCUT2D eigenvalue weighted by Crippen LogP contribution is 2.24. The van der Waals surface area contributed by atoms with Crippen molar-refractivity contribution in [2.45, 2.75) is 32.2 Å². The van der Waals surface area contributed by atoms with Crippen molar-refractivity contribution in [3.63, 3.8) is 0 Å². The van der Waals surface area contributed by atoms with Crippen molar-refractivity contribution in [2.75, 3.05) is 13.7 Å². The van der Waals surface area contributed by atoms with Crippen molar-refractivity contribution in [3.05, 3.63) is 40.3 Å². The number of carbonyl (C=O) groups excluding carboxylic acids is 1. The van der Waals surface area contributed by atoms with Gasteiger partial charge in [0.05, 0.1) is 7.11 Å². The van der Waals surface area contributed by atoms with Gasteiger partial charge in [-0.2, -0.15) is 0 Å². The number of nitrogens with one attached hydrogen (secondary N) is 1. The molecule has 1 aromatic rings. The molecular formula is C15H20N2O3. The van der Waals surface area contributed by atoms with E-state index in [1.807, 2.05) is 0 Å². The Kier molecular flexibility index (Phi) is 4.61. The summed E-state index contributed by atoms with van der Waals surface area (Å²) in [7, 11) is 1.48. The summed E-state index contributed by atoms with van der Waals surface area (Å²) in [5, 5.41) is 2.76. The van der Waals surface area contributed by atoms with Crippen LogP contribution < -0.4 is 15.6 Å². The van der Waals surface area contributed by atoms with Crippen LogP contribution in [0.15, 0.2) is 23.5 Å². The summed E-state index contributed by atoms with van der Waals surface area (Å²) in [5.41, 5.74) is 1.17. The quantitative estimate of drug-likeness (QED) is 0.848. The smallest absolute Gasteiger partial charge is 0.257 e. The Morgan fingerprint density at radius 3 is 3.00 bits per heavy atom. The lowest BCUT2D eigenvalue weighted by Crippen LogP contribution is -2.31. The third kappa shape index (κ3) is 2.76. The largest absolute Gasteiger partial charge is 0.496 e. The molecule has 0 unspecified atom stereocenters. The maximum atomic E-state index is 12.3. The van der Waals surface area contributed by atoms with Gasteiger partial charge >= 0.3 is 0 Å². The molecule has 1 N–H and O–H groups in total. The van der Waals surface area contributed by atoms with Gasteiger partial charge in [0.1, 0.15) is 11.3 Å². The normalized spacial score (nSPS) is 14.1. The summed E-state index contributed by atoms with van der Waals surface area (Å²) in [6.45, 7) is 4.64. The summed E-state index contributed by atoms with van der Waals surface area (Å²) < 4.78 is 6.94. The summed E-state index contributed by atoms with van der Waals surface area (Å²) in [4.78, 5) is 24.4. The van der Waals surface area contributed by atoms with E-state index < -0.39 is 0 Å². The summed E-state index contributed by atoms with van der Waals surface area (Å²) in [5.74, 6) is 0.136. The molecular weight excluding hydrogens is 256 g/mol. The number of aromatic nitrogens is 1. The van der Waals surface area contributed by atoms with Crippen LogP contribution in [0, 0.1) is 0 Å². The molecule has 0 saturated heterocycles. The molecule has 20 heavy (non-hydrogen) atoms. The fourth-order valence-corrected chi connectivity index (χ4v) is 2.57. The monoisotopic (exact) mass is 276 g/mol. The van der Waals surface area contributed by atoms with Crippen LogP contribution >= 0.6 is 0 Å². The number of amides is 1. The van der Waals surface area contributed by atoms with E-state index in [0.717, 1.165) is 31.4 Å². The van der Waals surface area contributed by atoms with Crippen LogP contribution in [0.5, 0.6) is 5.75 Å². The second kappa shape index (κ2) is 6.41. The fourth-order valence-electron chi connectivity index (χ4n) is 2.57. The third-order valence-corrected chi connectivity index (χ3v) is 3.53. The van der Waals surface area contributed by atoms with E-state index in [2.05, 4.69) is 11.9 Å². The average Bonchev–Trinajstić information content (AvgIpc) is 2.70. The van der Waals surface area contributed by atoms with Crippen molar-refractivity contribution in [1.29, 1.82) is 0 Å². The van der Waals surface area contributed by atoms with Crippen LogP contribution in [0.1, 0.15) is 35.3 Å². The second-order valence-electron chi connectivity index (χ2n) is 4.83. The zero-order chi connectivity index (χ0) is 14.5. The molecule has 1 amide bonds. The van der Waals surface area contributed by atoms with E-state index >= 15 is 0 Å². The van der Waals surface area contributed by atoms with Gasteiger partial charge in [0.2, 0.25) is 0 Å². The molecule has 0 aromatic carbocycles. The van der Waals surface area contributed by atoms with E-state index in [9.17, 15) is 9.59 Å². The van der Waals surface area contributed by atoms with Gasteiger partial charge in [-0.25, -0.2) is 0 Å². The molecule has 5 nitrogen and oxygen atoms in total. The van der Waals surface area contributed by atoms with E-state index in [0.29, 0.717) is 24.4 Å². The fraction of sp³-hybridized carbons (Fsp3) is 0.467. The van der Waals surface area contributed by atoms with E-state index in [1.165, 1.54) is 13.2 Å². The van der Waals surface area contributed by atoms with E-state index in [1.54, 1.807) is 10.6 Å². The van der Waals surface area contributed by atoms with Crippen LogP contribution in [0.25, 0.3) is 0 Å². The number of pyridine rings is 1. The van der Waals surface area contributed by atoms with Gasteiger partial charge in [-0.1, -0.05) is 12.5 Å². The van der Waals surface area contributed by atoms with Crippen LogP contribution in [0.4, 0.5) is 0 Å². The third-order valence-electron chi connectivity index (χ3n) is 3.53. The van der Waals surface area contributed by atoms with Gasteiger partial charge in [-0.3, -0.25) is 9.59 Å². The molecule has 2 heterocycles. The molecule has 5 heteroatoms. The molecule has 0 aliphatic carbocycles. The van der Waals surface area contributed by atoms with E-state index in [4.69, 9.17) is 4.74 Å². The van der Waals surface area contributed by atoms with Crippen LogP contribution in [0.3, 0.4) is 0 Å². The first-order valence-electron chi connectivity index (χ1n) is 6.89. The first-order valence-corrected chi connectivity index (χ1v) is 6.89. The zero-order valence-corrected chi connectivity index (χ0v) is 11.8. The Balaban J connectivity index is 2.54. The molecule has 1 aliphatic heterocycles. The number of rotatable bonds is 4. The molecule has 0 bridgehead atoms. The highest BCUT2D eigenvalue weighted by Gasteiger charge is 2.22. The van der Waals surface area contributed by atoms with Crippen molar-refractivity contribution in [2.24, 2.45) is 0 Å². The molecule has 0 spiro atoms. The Bertz CT molecular complexity index is 575. The Morgan fingerprint density at radius 2 is 2.30 bits per heavy atom.